The molecule has 1 rings (SSSR count). The van der Waals surface area contributed by atoms with E-state index in [4.69, 9.17) is 15.2 Å². The third-order valence-corrected chi connectivity index (χ3v) is 2.58. The summed E-state index contributed by atoms with van der Waals surface area (Å²) in [6, 6.07) is 4.65. The summed E-state index contributed by atoms with van der Waals surface area (Å²) >= 11 is 0. The van der Waals surface area contributed by atoms with Gasteiger partial charge in [0.25, 0.3) is 0 Å². The van der Waals surface area contributed by atoms with E-state index < -0.39 is 0 Å². The molecule has 0 saturated carbocycles. The predicted molar refractivity (Wildman–Crippen MR) is 77.7 cm³/mol. The summed E-state index contributed by atoms with van der Waals surface area (Å²) in [5.41, 5.74) is 6.68. The van der Waals surface area contributed by atoms with Crippen molar-refractivity contribution in [2.24, 2.45) is 5.73 Å². The second kappa shape index (κ2) is 10.4. The van der Waals surface area contributed by atoms with Gasteiger partial charge in [0.1, 0.15) is 5.82 Å². The molecule has 0 amide bonds. The summed E-state index contributed by atoms with van der Waals surface area (Å²) in [5.74, 6) is 5.21. The second-order valence-corrected chi connectivity index (χ2v) is 4.37. The van der Waals surface area contributed by atoms with Crippen molar-refractivity contribution < 1.29 is 13.9 Å². The summed E-state index contributed by atoms with van der Waals surface area (Å²) in [6.07, 6.45) is 2.18. The molecule has 0 aliphatic rings. The lowest BCUT2D eigenvalue weighted by atomic mass is 10.1. The number of benzene rings is 1. The van der Waals surface area contributed by atoms with Gasteiger partial charge in [0.05, 0.1) is 26.4 Å². The second-order valence-electron chi connectivity index (χ2n) is 4.37. The predicted octanol–water partition coefficient (Wildman–Crippen LogP) is 2.47. The Labute approximate surface area is 120 Å². The van der Waals surface area contributed by atoms with Crippen molar-refractivity contribution in [3.05, 3.63) is 35.1 Å². The highest BCUT2D eigenvalue weighted by Gasteiger charge is 2.00. The molecule has 0 aliphatic heterocycles. The molecule has 0 heterocycles. The number of ether oxygens (including phenoxy) is 2. The van der Waals surface area contributed by atoms with E-state index in [1.807, 2.05) is 6.07 Å². The summed E-state index contributed by atoms with van der Waals surface area (Å²) < 4.78 is 24.2. The van der Waals surface area contributed by atoms with E-state index >= 15 is 0 Å². The minimum Gasteiger partial charge on any atom is -0.379 e. The lowest BCUT2D eigenvalue weighted by molar-refractivity contribution is 0.0396. The van der Waals surface area contributed by atoms with E-state index in [2.05, 4.69) is 18.8 Å². The zero-order valence-corrected chi connectivity index (χ0v) is 12.0. The molecule has 0 spiro atoms. The average molecular weight is 279 g/mol. The normalized spacial score (nSPS) is 10.2. The molecule has 0 aliphatic carbocycles. The van der Waals surface area contributed by atoms with Crippen LogP contribution in [0.3, 0.4) is 0 Å². The molecule has 0 atom stereocenters. The quantitative estimate of drug-likeness (QED) is 0.587. The zero-order valence-electron chi connectivity index (χ0n) is 12.0. The van der Waals surface area contributed by atoms with Crippen molar-refractivity contribution >= 4 is 0 Å². The molecule has 4 heteroatoms. The molecule has 0 radical (unpaired) electrons. The Bertz CT molecular complexity index is 452. The molecule has 0 fully saturated rings. The fourth-order valence-corrected chi connectivity index (χ4v) is 1.62. The standard InChI is InChI=1S/C16H22FNO2/c1-2-3-7-19-8-9-20-13-15-10-14(5-4-6-18)11-16(17)12-15/h10-12H,2-3,6-9,13,18H2,1H3. The molecule has 0 bridgehead atoms. The third-order valence-electron chi connectivity index (χ3n) is 2.58. The molecule has 20 heavy (non-hydrogen) atoms. The van der Waals surface area contributed by atoms with Crippen molar-refractivity contribution in [2.75, 3.05) is 26.4 Å². The molecule has 0 saturated heterocycles. The van der Waals surface area contributed by atoms with Crippen LogP contribution in [0.25, 0.3) is 0 Å². The first-order valence-electron chi connectivity index (χ1n) is 6.90. The first kappa shape index (κ1) is 16.6. The van der Waals surface area contributed by atoms with Crippen molar-refractivity contribution in [3.63, 3.8) is 0 Å². The van der Waals surface area contributed by atoms with E-state index in [9.17, 15) is 4.39 Å². The summed E-state index contributed by atoms with van der Waals surface area (Å²) in [4.78, 5) is 0. The lowest BCUT2D eigenvalue weighted by Crippen LogP contribution is -2.05. The Kier molecular flexibility index (Phi) is 8.64. The monoisotopic (exact) mass is 279 g/mol. The van der Waals surface area contributed by atoms with Gasteiger partial charge in [-0.2, -0.15) is 0 Å². The number of hydrogen-bond acceptors (Lipinski definition) is 3. The fourth-order valence-electron chi connectivity index (χ4n) is 1.62. The van der Waals surface area contributed by atoms with Crippen molar-refractivity contribution in [1.29, 1.82) is 0 Å². The van der Waals surface area contributed by atoms with Gasteiger partial charge >= 0.3 is 0 Å². The summed E-state index contributed by atoms with van der Waals surface area (Å²) in [6.45, 7) is 4.57. The van der Waals surface area contributed by atoms with Crippen LogP contribution in [0.1, 0.15) is 30.9 Å². The van der Waals surface area contributed by atoms with E-state index in [0.717, 1.165) is 25.0 Å². The third kappa shape index (κ3) is 7.25. The van der Waals surface area contributed by atoms with Gasteiger partial charge in [-0.3, -0.25) is 0 Å². The molecule has 110 valence electrons. The maximum absolute atomic E-state index is 13.4. The number of rotatable bonds is 8. The van der Waals surface area contributed by atoms with Gasteiger partial charge in [0.2, 0.25) is 0 Å². The van der Waals surface area contributed by atoms with Crippen molar-refractivity contribution in [3.8, 4) is 11.8 Å². The highest BCUT2D eigenvalue weighted by atomic mass is 19.1. The van der Waals surface area contributed by atoms with Crippen molar-refractivity contribution in [1.82, 2.24) is 0 Å². The highest BCUT2D eigenvalue weighted by molar-refractivity contribution is 5.37. The Morgan fingerprint density at radius 3 is 2.70 bits per heavy atom. The molecule has 2 N–H and O–H groups in total. The van der Waals surface area contributed by atoms with Crippen LogP contribution in [0, 0.1) is 17.7 Å². The van der Waals surface area contributed by atoms with Gasteiger partial charge in [-0.25, -0.2) is 4.39 Å². The lowest BCUT2D eigenvalue weighted by Gasteiger charge is -2.06. The molecule has 1 aromatic rings. The van der Waals surface area contributed by atoms with Crippen LogP contribution in [0.2, 0.25) is 0 Å². The van der Waals surface area contributed by atoms with Crippen LogP contribution in [0.5, 0.6) is 0 Å². The van der Waals surface area contributed by atoms with Gasteiger partial charge in [0, 0.05) is 12.2 Å². The largest absolute Gasteiger partial charge is 0.379 e. The number of unbranched alkanes of at least 4 members (excludes halogenated alkanes) is 1. The van der Waals surface area contributed by atoms with Crippen LogP contribution < -0.4 is 5.73 Å². The minimum absolute atomic E-state index is 0.261. The van der Waals surface area contributed by atoms with E-state index in [0.29, 0.717) is 25.4 Å². The van der Waals surface area contributed by atoms with Gasteiger partial charge in [0.15, 0.2) is 0 Å². The molecular weight excluding hydrogens is 257 g/mol. The Hall–Kier alpha value is -1.41. The maximum Gasteiger partial charge on any atom is 0.124 e. The summed E-state index contributed by atoms with van der Waals surface area (Å²) in [5, 5.41) is 0. The topological polar surface area (TPSA) is 44.5 Å². The van der Waals surface area contributed by atoms with Gasteiger partial charge in [-0.05, 0) is 30.2 Å². The van der Waals surface area contributed by atoms with Crippen LogP contribution in [-0.2, 0) is 16.1 Å². The Balaban J connectivity index is 2.34. The molecular formula is C16H22FNO2. The van der Waals surface area contributed by atoms with E-state index in [1.165, 1.54) is 12.1 Å². The van der Waals surface area contributed by atoms with Crippen molar-refractivity contribution in [2.45, 2.75) is 26.4 Å². The maximum atomic E-state index is 13.4. The fraction of sp³-hybridized carbons (Fsp3) is 0.500. The van der Waals surface area contributed by atoms with E-state index in [-0.39, 0.29) is 12.4 Å². The van der Waals surface area contributed by atoms with Gasteiger partial charge in [-0.1, -0.05) is 25.2 Å². The number of nitrogens with two attached hydrogens (primary N) is 1. The first-order valence-corrected chi connectivity index (χ1v) is 6.90. The zero-order chi connectivity index (χ0) is 14.6. The van der Waals surface area contributed by atoms with Gasteiger partial charge < -0.3 is 15.2 Å². The van der Waals surface area contributed by atoms with Gasteiger partial charge in [-0.15, -0.1) is 0 Å². The number of hydrogen-bond donors (Lipinski definition) is 1. The summed E-state index contributed by atoms with van der Waals surface area (Å²) in [7, 11) is 0. The van der Waals surface area contributed by atoms with Crippen LogP contribution >= 0.6 is 0 Å². The molecule has 0 unspecified atom stereocenters. The molecule has 0 aromatic heterocycles. The van der Waals surface area contributed by atoms with Crippen LogP contribution in [-0.4, -0.2) is 26.4 Å². The SMILES string of the molecule is CCCCOCCOCc1cc(F)cc(C#CCN)c1. The smallest absolute Gasteiger partial charge is 0.124 e. The number of halogens is 1. The Morgan fingerprint density at radius 2 is 1.95 bits per heavy atom. The van der Waals surface area contributed by atoms with Crippen LogP contribution in [0.15, 0.2) is 18.2 Å². The minimum atomic E-state index is -0.313. The van der Waals surface area contributed by atoms with Crippen LogP contribution in [0.4, 0.5) is 4.39 Å². The Morgan fingerprint density at radius 1 is 1.15 bits per heavy atom. The van der Waals surface area contributed by atoms with E-state index in [1.54, 1.807) is 0 Å². The first-order chi connectivity index (χ1) is 9.76. The highest BCUT2D eigenvalue weighted by Crippen LogP contribution is 2.09. The molecule has 3 nitrogen and oxygen atoms in total. The molecule has 1 aromatic carbocycles. The average Bonchev–Trinajstić information content (AvgIpc) is 2.43.